The van der Waals surface area contributed by atoms with Crippen molar-refractivity contribution in [1.82, 2.24) is 0 Å². The molecule has 0 bridgehead atoms. The van der Waals surface area contributed by atoms with E-state index < -0.39 is 0 Å². The summed E-state index contributed by atoms with van der Waals surface area (Å²) < 4.78 is 3.08. The Hall–Kier alpha value is -0.131. The van der Waals surface area contributed by atoms with Gasteiger partial charge in [-0.05, 0) is 0 Å². The van der Waals surface area contributed by atoms with Gasteiger partial charge in [-0.25, -0.2) is 0 Å². The van der Waals surface area contributed by atoms with E-state index >= 15 is 0 Å². The van der Waals surface area contributed by atoms with E-state index in [0.717, 1.165) is 0 Å². The molecule has 1 aromatic heterocycles. The van der Waals surface area contributed by atoms with Crippen LogP contribution in [0.15, 0.2) is 12.1 Å². The Labute approximate surface area is 62.3 Å². The number of hydrogen-bond acceptors (Lipinski definition) is 0. The molecule has 1 heterocycles. The first-order valence-corrected chi connectivity index (χ1v) is 4.78. The average molecular weight is 186 g/mol. The SMILES string of the molecule is Cc1cc(C)[se+]c(C)c1. The van der Waals surface area contributed by atoms with Crippen LogP contribution in [0.25, 0.3) is 0 Å². The second kappa shape index (κ2) is 2.64. The Kier molecular flexibility index (Phi) is 2.04. The first kappa shape index (κ1) is 6.98. The van der Waals surface area contributed by atoms with Crippen molar-refractivity contribution in [2.75, 3.05) is 0 Å². The zero-order valence-corrected chi connectivity index (χ0v) is 7.78. The summed E-state index contributed by atoms with van der Waals surface area (Å²) >= 11 is 0.652. The van der Waals surface area contributed by atoms with Crippen molar-refractivity contribution >= 4 is 14.5 Å². The monoisotopic (exact) mass is 187 g/mol. The first-order valence-electron chi connectivity index (χ1n) is 3.06. The van der Waals surface area contributed by atoms with Crippen LogP contribution in [-0.4, -0.2) is 14.5 Å². The van der Waals surface area contributed by atoms with Gasteiger partial charge in [0.1, 0.15) is 0 Å². The molecule has 0 aliphatic rings. The molecule has 0 radical (unpaired) electrons. The molecule has 0 aliphatic carbocycles. The van der Waals surface area contributed by atoms with Gasteiger partial charge in [-0.2, -0.15) is 0 Å². The van der Waals surface area contributed by atoms with Crippen molar-refractivity contribution in [3.8, 4) is 0 Å². The first-order chi connectivity index (χ1) is 4.18. The molecule has 0 fully saturated rings. The van der Waals surface area contributed by atoms with Crippen molar-refractivity contribution in [3.63, 3.8) is 0 Å². The Balaban J connectivity index is 3.17. The molecule has 1 aromatic rings. The maximum atomic E-state index is 2.27. The van der Waals surface area contributed by atoms with Gasteiger partial charge in [0, 0.05) is 0 Å². The molecule has 0 saturated carbocycles. The third-order valence-electron chi connectivity index (χ3n) is 1.18. The van der Waals surface area contributed by atoms with Crippen molar-refractivity contribution in [3.05, 3.63) is 26.6 Å². The zero-order valence-electron chi connectivity index (χ0n) is 6.06. The van der Waals surface area contributed by atoms with Gasteiger partial charge in [0.25, 0.3) is 0 Å². The number of rotatable bonds is 0. The normalized spacial score (nSPS) is 9.67. The molecule has 0 saturated heterocycles. The van der Waals surface area contributed by atoms with Crippen LogP contribution < -0.4 is 0 Å². The van der Waals surface area contributed by atoms with Gasteiger partial charge in [-0.15, -0.1) is 0 Å². The van der Waals surface area contributed by atoms with Crippen molar-refractivity contribution in [2.45, 2.75) is 20.8 Å². The molecule has 0 nitrogen and oxygen atoms in total. The summed E-state index contributed by atoms with van der Waals surface area (Å²) in [6.07, 6.45) is 0. The van der Waals surface area contributed by atoms with E-state index in [2.05, 4.69) is 32.9 Å². The van der Waals surface area contributed by atoms with E-state index in [1.807, 2.05) is 0 Å². The summed E-state index contributed by atoms with van der Waals surface area (Å²) in [6.45, 7) is 6.57. The molecule has 9 heavy (non-hydrogen) atoms. The molecule has 0 aromatic carbocycles. The molecule has 48 valence electrons. The summed E-state index contributed by atoms with van der Waals surface area (Å²) in [5.41, 5.74) is 1.40. The predicted octanol–water partition coefficient (Wildman–Crippen LogP) is 1.95. The molecular weight excluding hydrogens is 175 g/mol. The number of aryl methyl sites for hydroxylation is 3. The van der Waals surface area contributed by atoms with E-state index in [-0.39, 0.29) is 0 Å². The van der Waals surface area contributed by atoms with E-state index in [1.54, 1.807) is 8.87 Å². The topological polar surface area (TPSA) is 0 Å². The van der Waals surface area contributed by atoms with Gasteiger partial charge in [0.15, 0.2) is 0 Å². The molecule has 0 N–H and O–H groups in total. The van der Waals surface area contributed by atoms with Crippen LogP contribution in [0.2, 0.25) is 0 Å². The second-order valence-electron chi connectivity index (χ2n) is 2.36. The maximum absolute atomic E-state index is 2.27. The van der Waals surface area contributed by atoms with Crippen molar-refractivity contribution in [1.29, 1.82) is 0 Å². The van der Waals surface area contributed by atoms with E-state index in [0.29, 0.717) is 14.5 Å². The summed E-state index contributed by atoms with van der Waals surface area (Å²) in [6, 6.07) is 4.54. The van der Waals surface area contributed by atoms with Gasteiger partial charge >= 0.3 is 61.8 Å². The standard InChI is InChI=1S/C8H11Se/c1-6-4-7(2)9-8(3)5-6/h4-5H,1-3H3/q+1. The van der Waals surface area contributed by atoms with Crippen LogP contribution >= 0.6 is 0 Å². The van der Waals surface area contributed by atoms with Gasteiger partial charge in [0.05, 0.1) is 0 Å². The number of hydrogen-bond donors (Lipinski definition) is 0. The zero-order chi connectivity index (χ0) is 6.85. The summed E-state index contributed by atoms with van der Waals surface area (Å²) in [4.78, 5) is 0. The molecular formula is C8H11Se+. The van der Waals surface area contributed by atoms with Gasteiger partial charge < -0.3 is 0 Å². The Morgan fingerprint density at radius 3 is 1.78 bits per heavy atom. The minimum atomic E-state index is 0.652. The van der Waals surface area contributed by atoms with Crippen LogP contribution in [0.5, 0.6) is 0 Å². The van der Waals surface area contributed by atoms with Gasteiger partial charge in [-0.1, -0.05) is 0 Å². The molecule has 1 heteroatoms. The quantitative estimate of drug-likeness (QED) is 0.543. The molecule has 0 spiro atoms. The molecule has 1 rings (SSSR count). The summed E-state index contributed by atoms with van der Waals surface area (Å²) in [7, 11) is 0. The Morgan fingerprint density at radius 1 is 1.00 bits per heavy atom. The summed E-state index contributed by atoms with van der Waals surface area (Å²) in [5.74, 6) is 0. The fourth-order valence-electron chi connectivity index (χ4n) is 0.996. The predicted molar refractivity (Wildman–Crippen MR) is 42.0 cm³/mol. The van der Waals surface area contributed by atoms with Gasteiger partial charge in [0.2, 0.25) is 0 Å². The molecule has 0 aliphatic heterocycles. The third kappa shape index (κ3) is 1.92. The molecule has 0 atom stereocenters. The molecule has 0 amide bonds. The minimum absolute atomic E-state index is 0.652. The van der Waals surface area contributed by atoms with Crippen molar-refractivity contribution in [2.24, 2.45) is 0 Å². The van der Waals surface area contributed by atoms with Crippen molar-refractivity contribution < 1.29 is 0 Å². The molecule has 0 unspecified atom stereocenters. The van der Waals surface area contributed by atoms with Crippen LogP contribution in [0.1, 0.15) is 14.4 Å². The van der Waals surface area contributed by atoms with E-state index in [9.17, 15) is 0 Å². The Morgan fingerprint density at radius 2 is 1.44 bits per heavy atom. The van der Waals surface area contributed by atoms with Crippen LogP contribution in [0, 0.1) is 20.8 Å². The van der Waals surface area contributed by atoms with Gasteiger partial charge in [-0.3, -0.25) is 0 Å². The Bertz CT molecular complexity index is 165. The van der Waals surface area contributed by atoms with E-state index in [1.165, 1.54) is 5.56 Å². The second-order valence-corrected chi connectivity index (χ2v) is 5.49. The van der Waals surface area contributed by atoms with Crippen LogP contribution in [0.4, 0.5) is 0 Å². The fourth-order valence-corrected chi connectivity index (χ4v) is 3.09. The van der Waals surface area contributed by atoms with Crippen LogP contribution in [-0.2, 0) is 0 Å². The van der Waals surface area contributed by atoms with Crippen LogP contribution in [0.3, 0.4) is 0 Å². The van der Waals surface area contributed by atoms with E-state index in [4.69, 9.17) is 0 Å². The third-order valence-corrected chi connectivity index (χ3v) is 3.03. The average Bonchev–Trinajstić information content (AvgIpc) is 1.59. The fraction of sp³-hybridized carbons (Fsp3) is 0.375. The summed E-state index contributed by atoms with van der Waals surface area (Å²) in [5, 5.41) is 0.